The number of hydrogen-bond acceptors (Lipinski definition) is 6. The van der Waals surface area contributed by atoms with Gasteiger partial charge in [-0.2, -0.15) is 4.98 Å². The SMILES string of the molecule is COc1cc(CO)ccc1Oc1nc(N)ncc1Cl. The van der Waals surface area contributed by atoms with Gasteiger partial charge in [0, 0.05) is 0 Å². The Hall–Kier alpha value is -2.05. The topological polar surface area (TPSA) is 90.5 Å². The number of aliphatic hydroxyl groups is 1. The predicted molar refractivity (Wildman–Crippen MR) is 70.4 cm³/mol. The molecular formula is C12H12ClN3O3. The maximum absolute atomic E-state index is 9.06. The number of aromatic nitrogens is 2. The Morgan fingerprint density at radius 3 is 2.84 bits per heavy atom. The molecule has 2 rings (SSSR count). The quantitative estimate of drug-likeness (QED) is 0.891. The molecule has 1 aromatic heterocycles. The zero-order chi connectivity index (χ0) is 13.8. The van der Waals surface area contributed by atoms with E-state index in [2.05, 4.69) is 9.97 Å². The molecule has 0 bridgehead atoms. The van der Waals surface area contributed by atoms with Gasteiger partial charge in [-0.3, -0.25) is 0 Å². The Labute approximate surface area is 114 Å². The second-order valence-electron chi connectivity index (χ2n) is 3.63. The van der Waals surface area contributed by atoms with E-state index in [-0.39, 0.29) is 23.5 Å². The first-order valence-electron chi connectivity index (χ1n) is 5.37. The fraction of sp³-hybridized carbons (Fsp3) is 0.167. The van der Waals surface area contributed by atoms with Crippen LogP contribution in [0.4, 0.5) is 5.95 Å². The third-order valence-electron chi connectivity index (χ3n) is 2.35. The third-order valence-corrected chi connectivity index (χ3v) is 2.61. The fourth-order valence-electron chi connectivity index (χ4n) is 1.43. The minimum absolute atomic E-state index is 0.0605. The molecule has 7 heteroatoms. The van der Waals surface area contributed by atoms with Crippen LogP contribution in [0.5, 0.6) is 17.4 Å². The number of aliphatic hydroxyl groups excluding tert-OH is 1. The van der Waals surface area contributed by atoms with Crippen molar-refractivity contribution < 1.29 is 14.6 Å². The highest BCUT2D eigenvalue weighted by atomic mass is 35.5. The summed E-state index contributed by atoms with van der Waals surface area (Å²) in [6.07, 6.45) is 1.35. The first-order chi connectivity index (χ1) is 9.13. The van der Waals surface area contributed by atoms with Crippen molar-refractivity contribution in [2.75, 3.05) is 12.8 Å². The summed E-state index contributed by atoms with van der Waals surface area (Å²) < 4.78 is 10.7. The van der Waals surface area contributed by atoms with Gasteiger partial charge in [-0.25, -0.2) is 4.98 Å². The van der Waals surface area contributed by atoms with Crippen LogP contribution in [-0.2, 0) is 6.61 Å². The number of nitrogens with two attached hydrogens (primary N) is 1. The minimum atomic E-state index is -0.0855. The molecule has 100 valence electrons. The second-order valence-corrected chi connectivity index (χ2v) is 4.03. The number of benzene rings is 1. The molecule has 6 nitrogen and oxygen atoms in total. The molecule has 0 spiro atoms. The van der Waals surface area contributed by atoms with Crippen LogP contribution in [-0.4, -0.2) is 22.2 Å². The molecule has 0 radical (unpaired) electrons. The molecule has 1 aromatic carbocycles. The number of hydrogen-bond donors (Lipinski definition) is 2. The van der Waals surface area contributed by atoms with Crippen LogP contribution in [0.25, 0.3) is 0 Å². The highest BCUT2D eigenvalue weighted by Gasteiger charge is 2.11. The standard InChI is InChI=1S/C12H12ClN3O3/c1-18-10-4-7(6-17)2-3-9(10)19-11-8(13)5-15-12(14)16-11/h2-5,17H,6H2,1H3,(H2,14,15,16). The molecule has 0 amide bonds. The molecule has 3 N–H and O–H groups in total. The predicted octanol–water partition coefficient (Wildman–Crippen LogP) is 2.01. The van der Waals surface area contributed by atoms with Crippen LogP contribution in [0.1, 0.15) is 5.56 Å². The van der Waals surface area contributed by atoms with Crippen molar-refractivity contribution in [1.82, 2.24) is 9.97 Å². The number of nitrogens with zero attached hydrogens (tertiary/aromatic N) is 2. The minimum Gasteiger partial charge on any atom is -0.493 e. The summed E-state index contributed by atoms with van der Waals surface area (Å²) >= 11 is 5.91. The van der Waals surface area contributed by atoms with Gasteiger partial charge < -0.3 is 20.3 Å². The smallest absolute Gasteiger partial charge is 0.243 e. The van der Waals surface area contributed by atoms with E-state index in [0.29, 0.717) is 17.1 Å². The molecule has 2 aromatic rings. The largest absolute Gasteiger partial charge is 0.493 e. The van der Waals surface area contributed by atoms with E-state index in [4.69, 9.17) is 31.9 Å². The molecular weight excluding hydrogens is 270 g/mol. The molecule has 0 saturated carbocycles. The number of anilines is 1. The Bertz CT molecular complexity index is 592. The Balaban J connectivity index is 2.35. The zero-order valence-electron chi connectivity index (χ0n) is 10.1. The third kappa shape index (κ3) is 3.04. The zero-order valence-corrected chi connectivity index (χ0v) is 10.9. The number of nitrogen functional groups attached to an aromatic ring is 1. The summed E-state index contributed by atoms with van der Waals surface area (Å²) in [6, 6.07) is 5.02. The van der Waals surface area contributed by atoms with E-state index >= 15 is 0 Å². The highest BCUT2D eigenvalue weighted by molar-refractivity contribution is 6.31. The average Bonchev–Trinajstić information content (AvgIpc) is 2.43. The van der Waals surface area contributed by atoms with Crippen LogP contribution in [0.3, 0.4) is 0 Å². The molecule has 0 unspecified atom stereocenters. The molecule has 0 saturated heterocycles. The molecule has 0 fully saturated rings. The van der Waals surface area contributed by atoms with Crippen molar-refractivity contribution in [3.05, 3.63) is 35.0 Å². The molecule has 0 aliphatic rings. The van der Waals surface area contributed by atoms with Crippen molar-refractivity contribution >= 4 is 17.5 Å². The van der Waals surface area contributed by atoms with Gasteiger partial charge in [0.2, 0.25) is 11.8 Å². The molecule has 1 heterocycles. The molecule has 0 aliphatic carbocycles. The van der Waals surface area contributed by atoms with Gasteiger partial charge in [0.05, 0.1) is 19.9 Å². The summed E-state index contributed by atoms with van der Waals surface area (Å²) in [4.78, 5) is 7.63. The first kappa shape index (κ1) is 13.4. The highest BCUT2D eigenvalue weighted by Crippen LogP contribution is 2.34. The summed E-state index contributed by atoms with van der Waals surface area (Å²) in [5, 5.41) is 9.30. The van der Waals surface area contributed by atoms with Crippen LogP contribution >= 0.6 is 11.6 Å². The van der Waals surface area contributed by atoms with E-state index in [0.717, 1.165) is 0 Å². The van der Waals surface area contributed by atoms with Crippen molar-refractivity contribution in [3.8, 4) is 17.4 Å². The van der Waals surface area contributed by atoms with Crippen LogP contribution in [0, 0.1) is 0 Å². The van der Waals surface area contributed by atoms with Gasteiger partial charge in [-0.05, 0) is 17.7 Å². The van der Waals surface area contributed by atoms with Gasteiger partial charge in [0.15, 0.2) is 11.5 Å². The number of halogens is 1. The van der Waals surface area contributed by atoms with Gasteiger partial charge in [0.1, 0.15) is 5.02 Å². The van der Waals surface area contributed by atoms with Crippen molar-refractivity contribution in [2.24, 2.45) is 0 Å². The van der Waals surface area contributed by atoms with Crippen LogP contribution in [0.2, 0.25) is 5.02 Å². The number of ether oxygens (including phenoxy) is 2. The van der Waals surface area contributed by atoms with Crippen molar-refractivity contribution in [3.63, 3.8) is 0 Å². The van der Waals surface area contributed by atoms with Crippen molar-refractivity contribution in [1.29, 1.82) is 0 Å². The Kier molecular flexibility index (Phi) is 4.03. The molecule has 19 heavy (non-hydrogen) atoms. The number of rotatable bonds is 4. The van der Waals surface area contributed by atoms with Gasteiger partial charge in [-0.1, -0.05) is 17.7 Å². The van der Waals surface area contributed by atoms with Crippen LogP contribution in [0.15, 0.2) is 24.4 Å². The van der Waals surface area contributed by atoms with E-state index in [9.17, 15) is 0 Å². The van der Waals surface area contributed by atoms with Gasteiger partial charge in [-0.15, -0.1) is 0 Å². The van der Waals surface area contributed by atoms with E-state index in [1.807, 2.05) is 0 Å². The van der Waals surface area contributed by atoms with Gasteiger partial charge >= 0.3 is 0 Å². The Morgan fingerprint density at radius 2 is 2.16 bits per heavy atom. The fourth-order valence-corrected chi connectivity index (χ4v) is 1.56. The maximum atomic E-state index is 9.06. The molecule has 0 atom stereocenters. The molecule has 0 aliphatic heterocycles. The Morgan fingerprint density at radius 1 is 1.37 bits per heavy atom. The monoisotopic (exact) mass is 281 g/mol. The first-order valence-corrected chi connectivity index (χ1v) is 5.75. The second kappa shape index (κ2) is 5.73. The van der Waals surface area contributed by atoms with E-state index < -0.39 is 0 Å². The average molecular weight is 282 g/mol. The normalized spacial score (nSPS) is 10.3. The lowest BCUT2D eigenvalue weighted by atomic mass is 10.2. The summed E-state index contributed by atoms with van der Waals surface area (Å²) in [7, 11) is 1.50. The summed E-state index contributed by atoms with van der Waals surface area (Å²) in [5.74, 6) is 1.08. The summed E-state index contributed by atoms with van der Waals surface area (Å²) in [5.41, 5.74) is 6.18. The van der Waals surface area contributed by atoms with Gasteiger partial charge in [0.25, 0.3) is 0 Å². The lowest BCUT2D eigenvalue weighted by Gasteiger charge is -2.11. The number of methoxy groups -OCH3 is 1. The maximum Gasteiger partial charge on any atom is 0.243 e. The van der Waals surface area contributed by atoms with Crippen LogP contribution < -0.4 is 15.2 Å². The lowest BCUT2D eigenvalue weighted by molar-refractivity contribution is 0.280. The lowest BCUT2D eigenvalue weighted by Crippen LogP contribution is -1.98. The summed E-state index contributed by atoms with van der Waals surface area (Å²) in [6.45, 7) is -0.0855. The van der Waals surface area contributed by atoms with E-state index in [1.54, 1.807) is 18.2 Å². The van der Waals surface area contributed by atoms with Crippen molar-refractivity contribution in [2.45, 2.75) is 6.61 Å². The van der Waals surface area contributed by atoms with E-state index in [1.165, 1.54) is 13.3 Å².